The summed E-state index contributed by atoms with van der Waals surface area (Å²) in [6.45, 7) is 17.6. The first kappa shape index (κ1) is 16.7. The summed E-state index contributed by atoms with van der Waals surface area (Å²) >= 11 is 2.24. The van der Waals surface area contributed by atoms with Crippen molar-refractivity contribution in [2.75, 3.05) is 12.4 Å². The number of rotatable bonds is 7. The van der Waals surface area contributed by atoms with Crippen molar-refractivity contribution in [3.05, 3.63) is 0 Å². The normalized spacial score (nSPS) is 13.5. The highest BCUT2D eigenvalue weighted by atomic mass is 32.4. The van der Waals surface area contributed by atoms with Crippen LogP contribution in [0.2, 0.25) is 31.2 Å². The molecule has 0 bridgehead atoms. The minimum Gasteiger partial charge on any atom is -0.421 e. The molecule has 0 aromatic heterocycles. The van der Waals surface area contributed by atoms with E-state index in [4.69, 9.17) is 4.43 Å². The van der Waals surface area contributed by atoms with Gasteiger partial charge in [0.1, 0.15) is 7.22 Å². The molecule has 0 aliphatic heterocycles. The first-order chi connectivity index (χ1) is 7.17. The van der Waals surface area contributed by atoms with Crippen LogP contribution in [-0.2, 0) is 4.43 Å². The Labute approximate surface area is 109 Å². The van der Waals surface area contributed by atoms with Crippen molar-refractivity contribution < 1.29 is 4.43 Å². The Bertz CT molecular complexity index is 188. The minimum atomic E-state index is -1.10. The molecule has 0 aromatic carbocycles. The quantitative estimate of drug-likeness (QED) is 0.501. The number of unbranched alkanes of at least 4 members (excludes halogenated alkanes) is 1. The highest BCUT2D eigenvalue weighted by Crippen LogP contribution is 2.43. The van der Waals surface area contributed by atoms with Gasteiger partial charge in [-0.05, 0) is 36.7 Å². The van der Waals surface area contributed by atoms with Crippen LogP contribution in [0.4, 0.5) is 0 Å². The molecule has 0 amide bonds. The highest BCUT2D eigenvalue weighted by Gasteiger charge is 2.35. The molecule has 0 fully saturated rings. The van der Waals surface area contributed by atoms with Crippen LogP contribution in [0.15, 0.2) is 0 Å². The fourth-order valence-electron chi connectivity index (χ4n) is 1.07. The van der Waals surface area contributed by atoms with Gasteiger partial charge in [0, 0.05) is 6.61 Å². The fraction of sp³-hybridized carbons (Fsp3) is 1.00. The van der Waals surface area contributed by atoms with Crippen molar-refractivity contribution in [2.45, 2.75) is 64.8 Å². The van der Waals surface area contributed by atoms with Crippen molar-refractivity contribution in [2.24, 2.45) is 0 Å². The van der Waals surface area contributed by atoms with Crippen LogP contribution in [0.5, 0.6) is 0 Å². The summed E-state index contributed by atoms with van der Waals surface area (Å²) in [4.78, 5) is 0. The molecule has 4 heteroatoms. The molecule has 0 aliphatic carbocycles. The third kappa shape index (κ3) is 7.14. The predicted octanol–water partition coefficient (Wildman–Crippen LogP) is 4.51. The molecule has 0 aromatic rings. The first-order valence-corrected chi connectivity index (χ1v) is 13.9. The van der Waals surface area contributed by atoms with Gasteiger partial charge in [-0.15, -0.1) is 0 Å². The Balaban J connectivity index is 3.59. The maximum atomic E-state index is 5.68. The van der Waals surface area contributed by atoms with Gasteiger partial charge in [0.05, 0.1) is 0 Å². The summed E-state index contributed by atoms with van der Waals surface area (Å²) in [5, 5.41) is 0.513. The van der Waals surface area contributed by atoms with Crippen LogP contribution in [-0.4, -0.2) is 28.6 Å². The number of hydrogen-bond donors (Lipinski definition) is 0. The molecule has 0 rings (SSSR count). The Morgan fingerprint density at radius 2 is 1.69 bits per heavy atom. The molecule has 0 saturated carbocycles. The van der Waals surface area contributed by atoms with E-state index in [2.05, 4.69) is 58.2 Å². The maximum absolute atomic E-state index is 5.68. The smallest absolute Gasteiger partial charge is 0.170 e. The monoisotopic (exact) mass is 278 g/mol. The average Bonchev–Trinajstić information content (AvgIpc) is 2.08. The van der Waals surface area contributed by atoms with Gasteiger partial charge in [0.15, 0.2) is 9.04 Å². The molecule has 16 heavy (non-hydrogen) atoms. The lowest BCUT2D eigenvalue weighted by Crippen LogP contribution is -2.33. The van der Waals surface area contributed by atoms with Crippen LogP contribution in [0.3, 0.4) is 0 Å². The molecule has 98 valence electrons. The predicted molar refractivity (Wildman–Crippen MR) is 83.7 cm³/mol. The molecule has 1 nitrogen and oxygen atoms in total. The van der Waals surface area contributed by atoms with Crippen molar-refractivity contribution in [1.29, 1.82) is 0 Å². The summed E-state index contributed by atoms with van der Waals surface area (Å²) in [5.74, 6) is 1.32. The van der Waals surface area contributed by atoms with Crippen LogP contribution in [0, 0.1) is 0 Å². The van der Waals surface area contributed by atoms with Gasteiger partial charge < -0.3 is 4.43 Å². The Kier molecular flexibility index (Phi) is 7.58. The molecule has 0 unspecified atom stereocenters. The van der Waals surface area contributed by atoms with E-state index in [1.54, 1.807) is 0 Å². The van der Waals surface area contributed by atoms with Gasteiger partial charge >= 0.3 is 0 Å². The number of hydrogen-bond acceptors (Lipinski definition) is 2. The molecule has 0 spiro atoms. The zero-order chi connectivity index (χ0) is 12.8. The van der Waals surface area contributed by atoms with Gasteiger partial charge in [-0.2, -0.15) is 11.2 Å². The van der Waals surface area contributed by atoms with Crippen LogP contribution in [0.25, 0.3) is 0 Å². The largest absolute Gasteiger partial charge is 0.421 e. The van der Waals surface area contributed by atoms with E-state index in [0.29, 0.717) is 5.04 Å². The van der Waals surface area contributed by atoms with E-state index in [1.165, 1.54) is 18.6 Å². The van der Waals surface area contributed by atoms with Gasteiger partial charge in [-0.3, -0.25) is 0 Å². The van der Waals surface area contributed by atoms with Crippen LogP contribution >= 0.6 is 11.2 Å². The van der Waals surface area contributed by atoms with Crippen LogP contribution in [0.1, 0.15) is 33.6 Å². The lowest BCUT2D eigenvalue weighted by atomic mass is 10.2. The van der Waals surface area contributed by atoms with Crippen molar-refractivity contribution in [1.82, 2.24) is 0 Å². The van der Waals surface area contributed by atoms with Gasteiger partial charge in [0.2, 0.25) is 0 Å². The second kappa shape index (κ2) is 7.24. The summed E-state index contributed by atoms with van der Waals surface area (Å²) in [6, 6.07) is 0. The summed E-state index contributed by atoms with van der Waals surface area (Å²) < 4.78 is 5.68. The van der Waals surface area contributed by atoms with E-state index in [9.17, 15) is 0 Å². The molecule has 0 heterocycles. The molecule has 0 saturated heterocycles. The zero-order valence-electron chi connectivity index (χ0n) is 12.2. The fourth-order valence-corrected chi connectivity index (χ4v) is 6.26. The van der Waals surface area contributed by atoms with E-state index in [1.807, 2.05) is 0 Å². The topological polar surface area (TPSA) is 9.23 Å². The maximum Gasteiger partial charge on any atom is 0.170 e. The second-order valence-electron chi connectivity index (χ2n) is 6.24. The molecular weight excluding hydrogens is 248 g/mol. The van der Waals surface area contributed by atoms with E-state index >= 15 is 0 Å². The third-order valence-corrected chi connectivity index (χ3v) is 13.6. The SMILES string of the molecule is C[SiH](C)OCCCCS[Si](C)(C)C(C)(C)C. The summed E-state index contributed by atoms with van der Waals surface area (Å²) in [6.07, 6.45) is 2.56. The van der Waals surface area contributed by atoms with Gasteiger partial charge in [0.25, 0.3) is 0 Å². The summed E-state index contributed by atoms with van der Waals surface area (Å²) in [7, 11) is -1.88. The lowest BCUT2D eigenvalue weighted by molar-refractivity contribution is 0.318. The average molecular weight is 279 g/mol. The lowest BCUT2D eigenvalue weighted by Gasteiger charge is -2.36. The molecule has 0 N–H and O–H groups in total. The second-order valence-corrected chi connectivity index (χ2v) is 17.8. The van der Waals surface area contributed by atoms with Crippen molar-refractivity contribution >= 4 is 27.5 Å². The van der Waals surface area contributed by atoms with E-state index in [-0.39, 0.29) is 0 Å². The van der Waals surface area contributed by atoms with Gasteiger partial charge in [-0.1, -0.05) is 33.9 Å². The Morgan fingerprint density at radius 3 is 2.12 bits per heavy atom. The first-order valence-electron chi connectivity index (χ1n) is 6.42. The van der Waals surface area contributed by atoms with Crippen molar-refractivity contribution in [3.63, 3.8) is 0 Å². The van der Waals surface area contributed by atoms with Gasteiger partial charge in [-0.25, -0.2) is 0 Å². The Hall–Kier alpha value is 0.744. The van der Waals surface area contributed by atoms with E-state index in [0.717, 1.165) is 6.61 Å². The minimum absolute atomic E-state index is 0.513. The Morgan fingerprint density at radius 1 is 1.12 bits per heavy atom. The van der Waals surface area contributed by atoms with Crippen LogP contribution < -0.4 is 0 Å². The summed E-state index contributed by atoms with van der Waals surface area (Å²) in [5.41, 5.74) is 0. The van der Waals surface area contributed by atoms with E-state index < -0.39 is 16.3 Å². The third-order valence-electron chi connectivity index (χ3n) is 3.26. The highest BCUT2D eigenvalue weighted by molar-refractivity contribution is 8.29. The molecular formula is C12H30OSSi2. The molecule has 0 aliphatic rings. The molecule has 0 radical (unpaired) electrons. The molecule has 0 atom stereocenters. The zero-order valence-corrected chi connectivity index (χ0v) is 15.2. The van der Waals surface area contributed by atoms with Crippen molar-refractivity contribution in [3.8, 4) is 0 Å². The standard InChI is InChI=1S/C12H30OSSi2/c1-12(2,3)16(6,7)14-11-9-8-10-13-15(4)5/h15H,8-11H2,1-7H3.